The first kappa shape index (κ1) is 15.1. The molecular weight excluding hydrogens is 242 g/mol. The van der Waals surface area contributed by atoms with Gasteiger partial charge in [0, 0.05) is 12.1 Å². The molecule has 5 nitrogen and oxygen atoms in total. The zero-order valence-electron chi connectivity index (χ0n) is 11.4. The first-order valence-electron chi connectivity index (χ1n) is 6.52. The van der Waals surface area contributed by atoms with Crippen LogP contribution in [0.2, 0.25) is 0 Å². The molecule has 0 aliphatic rings. The van der Waals surface area contributed by atoms with Gasteiger partial charge in [-0.15, -0.1) is 0 Å². The van der Waals surface area contributed by atoms with E-state index in [2.05, 4.69) is 24.8 Å². The molecule has 0 aromatic heterocycles. The third kappa shape index (κ3) is 4.04. The Morgan fingerprint density at radius 2 is 1.79 bits per heavy atom. The average Bonchev–Trinajstić information content (AvgIpc) is 2.40. The second-order valence-corrected chi connectivity index (χ2v) is 4.42. The van der Waals surface area contributed by atoms with Crippen LogP contribution in [0.5, 0.6) is 0 Å². The molecule has 1 rings (SSSR count). The van der Waals surface area contributed by atoms with Crippen molar-refractivity contribution >= 4 is 5.69 Å². The van der Waals surface area contributed by atoms with Crippen LogP contribution in [0.25, 0.3) is 0 Å². The average molecular weight is 261 g/mol. The normalized spacial score (nSPS) is 12.1. The second kappa shape index (κ2) is 7.49. The minimum Gasteiger partial charge on any atom is -0.284 e. The predicted octanol–water partition coefficient (Wildman–Crippen LogP) is 3.28. The van der Waals surface area contributed by atoms with Gasteiger partial charge in [-0.3, -0.25) is 15.0 Å². The number of rotatable bonds is 7. The standard InChI is InChI=1S/C14H19N3O2/c1-3-9-16(10-4-2)14(11-15)12-5-7-13(8-6-12)17(18)19/h5-8,14H,3-4,9-10H2,1-2H3. The van der Waals surface area contributed by atoms with Crippen molar-refractivity contribution in [3.63, 3.8) is 0 Å². The van der Waals surface area contributed by atoms with Crippen molar-refractivity contribution in [3.05, 3.63) is 39.9 Å². The van der Waals surface area contributed by atoms with E-state index < -0.39 is 4.92 Å². The molecular formula is C14H19N3O2. The SMILES string of the molecule is CCCN(CCC)C(C#N)c1ccc([N+](=O)[O-])cc1. The minimum atomic E-state index is -0.430. The molecule has 0 saturated carbocycles. The Labute approximate surface area is 113 Å². The van der Waals surface area contributed by atoms with Gasteiger partial charge in [0.1, 0.15) is 6.04 Å². The van der Waals surface area contributed by atoms with E-state index in [1.54, 1.807) is 12.1 Å². The Hall–Kier alpha value is -1.93. The lowest BCUT2D eigenvalue weighted by Gasteiger charge is -2.26. The predicted molar refractivity (Wildman–Crippen MR) is 73.6 cm³/mol. The molecule has 102 valence electrons. The molecule has 0 saturated heterocycles. The smallest absolute Gasteiger partial charge is 0.269 e. The van der Waals surface area contributed by atoms with Gasteiger partial charge in [0.05, 0.1) is 11.0 Å². The molecule has 0 heterocycles. The van der Waals surface area contributed by atoms with Gasteiger partial charge in [0.25, 0.3) is 5.69 Å². The third-order valence-electron chi connectivity index (χ3n) is 2.93. The molecule has 0 radical (unpaired) electrons. The highest BCUT2D eigenvalue weighted by atomic mass is 16.6. The Kier molecular flexibility index (Phi) is 5.97. The van der Waals surface area contributed by atoms with Crippen molar-refractivity contribution in [2.45, 2.75) is 32.7 Å². The molecule has 0 bridgehead atoms. The summed E-state index contributed by atoms with van der Waals surface area (Å²) in [5.41, 5.74) is 0.868. The lowest BCUT2D eigenvalue weighted by molar-refractivity contribution is -0.384. The van der Waals surface area contributed by atoms with E-state index in [-0.39, 0.29) is 11.7 Å². The number of nitro benzene ring substituents is 1. The van der Waals surface area contributed by atoms with E-state index in [0.29, 0.717) is 0 Å². The summed E-state index contributed by atoms with van der Waals surface area (Å²) < 4.78 is 0. The van der Waals surface area contributed by atoms with Crippen LogP contribution in [0.3, 0.4) is 0 Å². The van der Waals surface area contributed by atoms with Crippen molar-refractivity contribution in [2.24, 2.45) is 0 Å². The van der Waals surface area contributed by atoms with Crippen molar-refractivity contribution in [1.82, 2.24) is 4.90 Å². The molecule has 1 atom stereocenters. The molecule has 0 aliphatic heterocycles. The molecule has 0 fully saturated rings. The van der Waals surface area contributed by atoms with Gasteiger partial charge in [-0.1, -0.05) is 13.8 Å². The van der Waals surface area contributed by atoms with Crippen molar-refractivity contribution in [3.8, 4) is 6.07 Å². The molecule has 0 amide bonds. The molecule has 0 spiro atoms. The molecule has 1 aromatic rings. The number of hydrogen-bond acceptors (Lipinski definition) is 4. The summed E-state index contributed by atoms with van der Waals surface area (Å²) >= 11 is 0. The fourth-order valence-electron chi connectivity index (χ4n) is 2.09. The molecule has 5 heteroatoms. The number of nitriles is 1. The lowest BCUT2D eigenvalue weighted by atomic mass is 10.1. The molecule has 0 N–H and O–H groups in total. The first-order chi connectivity index (χ1) is 9.13. The fraction of sp³-hybridized carbons (Fsp3) is 0.500. The highest BCUT2D eigenvalue weighted by Gasteiger charge is 2.19. The number of nitro groups is 1. The van der Waals surface area contributed by atoms with Crippen molar-refractivity contribution in [1.29, 1.82) is 5.26 Å². The number of benzene rings is 1. The second-order valence-electron chi connectivity index (χ2n) is 4.42. The van der Waals surface area contributed by atoms with E-state index in [1.807, 2.05) is 0 Å². The maximum atomic E-state index is 10.6. The van der Waals surface area contributed by atoms with Crippen LogP contribution >= 0.6 is 0 Å². The highest BCUT2D eigenvalue weighted by Crippen LogP contribution is 2.23. The van der Waals surface area contributed by atoms with Crippen LogP contribution in [-0.4, -0.2) is 22.9 Å². The summed E-state index contributed by atoms with van der Waals surface area (Å²) in [6, 6.07) is 8.21. The van der Waals surface area contributed by atoms with Crippen LogP contribution in [0, 0.1) is 21.4 Å². The van der Waals surface area contributed by atoms with Gasteiger partial charge in [-0.25, -0.2) is 0 Å². The van der Waals surface area contributed by atoms with Gasteiger partial charge < -0.3 is 0 Å². The highest BCUT2D eigenvalue weighted by molar-refractivity contribution is 5.35. The molecule has 19 heavy (non-hydrogen) atoms. The van der Waals surface area contributed by atoms with Crippen LogP contribution in [0.1, 0.15) is 38.3 Å². The quantitative estimate of drug-likeness (QED) is 0.558. The van der Waals surface area contributed by atoms with Crippen LogP contribution in [0.4, 0.5) is 5.69 Å². The number of nitrogens with zero attached hydrogens (tertiary/aromatic N) is 3. The topological polar surface area (TPSA) is 70.2 Å². The van der Waals surface area contributed by atoms with Gasteiger partial charge in [0.15, 0.2) is 0 Å². The van der Waals surface area contributed by atoms with Crippen LogP contribution in [0.15, 0.2) is 24.3 Å². The number of non-ortho nitro benzene ring substituents is 1. The van der Waals surface area contributed by atoms with E-state index >= 15 is 0 Å². The van der Waals surface area contributed by atoms with Crippen LogP contribution in [-0.2, 0) is 0 Å². The minimum absolute atomic E-state index is 0.0537. The zero-order chi connectivity index (χ0) is 14.3. The van der Waals surface area contributed by atoms with Gasteiger partial charge in [0.2, 0.25) is 0 Å². The van der Waals surface area contributed by atoms with Crippen molar-refractivity contribution < 1.29 is 4.92 Å². The van der Waals surface area contributed by atoms with Gasteiger partial charge >= 0.3 is 0 Å². The van der Waals surface area contributed by atoms with Crippen LogP contribution < -0.4 is 0 Å². The van der Waals surface area contributed by atoms with Crippen molar-refractivity contribution in [2.75, 3.05) is 13.1 Å². The fourth-order valence-corrected chi connectivity index (χ4v) is 2.09. The van der Waals surface area contributed by atoms with E-state index in [1.165, 1.54) is 12.1 Å². The van der Waals surface area contributed by atoms with Gasteiger partial charge in [-0.2, -0.15) is 5.26 Å². The Balaban J connectivity index is 2.95. The largest absolute Gasteiger partial charge is 0.284 e. The number of hydrogen-bond donors (Lipinski definition) is 0. The van der Waals surface area contributed by atoms with Gasteiger partial charge in [-0.05, 0) is 43.6 Å². The summed E-state index contributed by atoms with van der Waals surface area (Å²) in [4.78, 5) is 12.3. The third-order valence-corrected chi connectivity index (χ3v) is 2.93. The summed E-state index contributed by atoms with van der Waals surface area (Å²) in [6.07, 6.45) is 1.95. The maximum absolute atomic E-state index is 10.6. The first-order valence-corrected chi connectivity index (χ1v) is 6.52. The Morgan fingerprint density at radius 3 is 2.16 bits per heavy atom. The molecule has 1 aromatic carbocycles. The Bertz CT molecular complexity index is 445. The summed E-state index contributed by atoms with van der Waals surface area (Å²) in [5, 5.41) is 20.0. The summed E-state index contributed by atoms with van der Waals surface area (Å²) in [7, 11) is 0. The Morgan fingerprint density at radius 1 is 1.26 bits per heavy atom. The zero-order valence-corrected chi connectivity index (χ0v) is 11.4. The van der Waals surface area contributed by atoms with E-state index in [0.717, 1.165) is 31.5 Å². The monoisotopic (exact) mass is 261 g/mol. The summed E-state index contributed by atoms with van der Waals surface area (Å²) in [6.45, 7) is 5.85. The lowest BCUT2D eigenvalue weighted by Crippen LogP contribution is -2.29. The van der Waals surface area contributed by atoms with E-state index in [9.17, 15) is 15.4 Å². The molecule has 1 unspecified atom stereocenters. The molecule has 0 aliphatic carbocycles. The maximum Gasteiger partial charge on any atom is 0.269 e. The van der Waals surface area contributed by atoms with E-state index in [4.69, 9.17) is 0 Å². The summed E-state index contributed by atoms with van der Waals surface area (Å²) in [5.74, 6) is 0.